The van der Waals surface area contributed by atoms with Crippen LogP contribution in [0.3, 0.4) is 0 Å². The summed E-state index contributed by atoms with van der Waals surface area (Å²) in [6.45, 7) is 3.55. The van der Waals surface area contributed by atoms with E-state index < -0.39 is 6.10 Å². The summed E-state index contributed by atoms with van der Waals surface area (Å²) in [7, 11) is 0. The van der Waals surface area contributed by atoms with E-state index in [1.165, 1.54) is 11.8 Å². The monoisotopic (exact) mass is 236 g/mol. The highest BCUT2D eigenvalue weighted by Crippen LogP contribution is 2.28. The van der Waals surface area contributed by atoms with Gasteiger partial charge in [0.15, 0.2) is 0 Å². The molecule has 0 spiro atoms. The lowest BCUT2D eigenvalue weighted by atomic mass is 10.2. The van der Waals surface area contributed by atoms with Gasteiger partial charge in [-0.1, -0.05) is 6.07 Å². The van der Waals surface area contributed by atoms with Crippen molar-refractivity contribution in [2.45, 2.75) is 30.1 Å². The van der Waals surface area contributed by atoms with E-state index in [1.807, 2.05) is 13.0 Å². The number of pyridine rings is 1. The summed E-state index contributed by atoms with van der Waals surface area (Å²) in [6, 6.07) is 3.65. The number of aryl methyl sites for hydroxylation is 1. The molecule has 0 aliphatic rings. The van der Waals surface area contributed by atoms with Crippen molar-refractivity contribution >= 4 is 11.8 Å². The zero-order valence-corrected chi connectivity index (χ0v) is 9.82. The van der Waals surface area contributed by atoms with Crippen LogP contribution in [0.5, 0.6) is 0 Å². The first-order chi connectivity index (χ1) is 7.66. The summed E-state index contributed by atoms with van der Waals surface area (Å²) in [4.78, 5) is 8.39. The molecule has 0 aromatic carbocycles. The Labute approximate surface area is 97.3 Å². The second-order valence-electron chi connectivity index (χ2n) is 3.38. The molecule has 2 N–H and O–H groups in total. The van der Waals surface area contributed by atoms with Gasteiger partial charge in [-0.25, -0.2) is 9.97 Å². The highest BCUT2D eigenvalue weighted by Gasteiger charge is 2.12. The van der Waals surface area contributed by atoms with Gasteiger partial charge in [0.1, 0.15) is 10.9 Å². The predicted molar refractivity (Wildman–Crippen MR) is 60.1 cm³/mol. The van der Waals surface area contributed by atoms with E-state index in [0.717, 1.165) is 16.4 Å². The van der Waals surface area contributed by atoms with Crippen LogP contribution in [-0.2, 0) is 0 Å². The van der Waals surface area contributed by atoms with Crippen molar-refractivity contribution in [1.29, 1.82) is 0 Å². The number of rotatable bonds is 3. The average Bonchev–Trinajstić information content (AvgIpc) is 2.64. The summed E-state index contributed by atoms with van der Waals surface area (Å²) in [5.74, 6) is 0.761. The number of hydrogen-bond donors (Lipinski definition) is 2. The van der Waals surface area contributed by atoms with Crippen molar-refractivity contribution < 1.29 is 5.11 Å². The van der Waals surface area contributed by atoms with Gasteiger partial charge in [0.05, 0.1) is 6.10 Å². The normalized spacial score (nSPS) is 12.7. The highest BCUT2D eigenvalue weighted by atomic mass is 32.2. The van der Waals surface area contributed by atoms with Crippen LogP contribution in [-0.4, -0.2) is 25.3 Å². The minimum Gasteiger partial charge on any atom is -0.389 e. The summed E-state index contributed by atoms with van der Waals surface area (Å²) < 4.78 is 0. The van der Waals surface area contributed by atoms with Crippen LogP contribution in [0.1, 0.15) is 24.4 Å². The van der Waals surface area contributed by atoms with Gasteiger partial charge in [-0.2, -0.15) is 0 Å². The third-order valence-corrected chi connectivity index (χ3v) is 2.91. The van der Waals surface area contributed by atoms with Crippen molar-refractivity contribution in [2.24, 2.45) is 0 Å². The van der Waals surface area contributed by atoms with E-state index in [2.05, 4.69) is 20.2 Å². The van der Waals surface area contributed by atoms with E-state index in [-0.39, 0.29) is 0 Å². The maximum atomic E-state index is 9.59. The van der Waals surface area contributed by atoms with E-state index in [4.69, 9.17) is 0 Å². The number of aliphatic hydroxyl groups is 1. The molecule has 0 saturated carbocycles. The van der Waals surface area contributed by atoms with Crippen molar-refractivity contribution in [3.8, 4) is 0 Å². The highest BCUT2D eigenvalue weighted by molar-refractivity contribution is 7.99. The predicted octanol–water partition coefficient (Wildman–Crippen LogP) is 1.71. The van der Waals surface area contributed by atoms with Gasteiger partial charge in [-0.15, -0.1) is 5.10 Å². The molecule has 0 saturated heterocycles. The fourth-order valence-electron chi connectivity index (χ4n) is 1.26. The molecule has 0 radical (unpaired) electrons. The van der Waals surface area contributed by atoms with Crippen LogP contribution in [0.15, 0.2) is 28.5 Å². The van der Waals surface area contributed by atoms with Crippen LogP contribution >= 0.6 is 11.8 Å². The van der Waals surface area contributed by atoms with Crippen LogP contribution < -0.4 is 0 Å². The SMILES string of the molecule is Cc1nc(Sc2ncccc2C(C)O)n[nH]1. The van der Waals surface area contributed by atoms with E-state index in [9.17, 15) is 5.11 Å². The zero-order chi connectivity index (χ0) is 11.5. The number of H-pyrrole nitrogens is 1. The number of aromatic amines is 1. The topological polar surface area (TPSA) is 74.7 Å². The second kappa shape index (κ2) is 4.63. The molecule has 2 heterocycles. The first-order valence-corrected chi connectivity index (χ1v) is 5.68. The number of aromatic nitrogens is 4. The van der Waals surface area contributed by atoms with Gasteiger partial charge >= 0.3 is 0 Å². The van der Waals surface area contributed by atoms with Gasteiger partial charge in [-0.3, -0.25) is 5.10 Å². The molecule has 6 heteroatoms. The van der Waals surface area contributed by atoms with Gasteiger partial charge in [0.25, 0.3) is 0 Å². The largest absolute Gasteiger partial charge is 0.389 e. The second-order valence-corrected chi connectivity index (χ2v) is 4.34. The first kappa shape index (κ1) is 11.1. The molecule has 2 aromatic heterocycles. The van der Waals surface area contributed by atoms with Crippen molar-refractivity contribution in [1.82, 2.24) is 20.2 Å². The minimum atomic E-state index is -0.545. The van der Waals surface area contributed by atoms with Gasteiger partial charge < -0.3 is 5.11 Å². The molecule has 0 aliphatic carbocycles. The Balaban J connectivity index is 2.27. The quantitative estimate of drug-likeness (QED) is 0.848. The van der Waals surface area contributed by atoms with E-state index in [1.54, 1.807) is 19.2 Å². The van der Waals surface area contributed by atoms with E-state index in [0.29, 0.717) is 5.16 Å². The molecule has 2 aromatic rings. The standard InChI is InChI=1S/C10H12N4OS/c1-6(15)8-4-3-5-11-9(8)16-10-12-7(2)13-14-10/h3-6,15H,1-2H3,(H,12,13,14). The molecule has 0 amide bonds. The van der Waals surface area contributed by atoms with Crippen LogP contribution in [0, 0.1) is 6.92 Å². The Hall–Kier alpha value is -1.40. The van der Waals surface area contributed by atoms with Crippen LogP contribution in [0.25, 0.3) is 0 Å². The summed E-state index contributed by atoms with van der Waals surface area (Å²) in [5.41, 5.74) is 0.787. The maximum absolute atomic E-state index is 9.59. The Bertz CT molecular complexity index is 483. The smallest absolute Gasteiger partial charge is 0.214 e. The number of aliphatic hydroxyl groups excluding tert-OH is 1. The zero-order valence-electron chi connectivity index (χ0n) is 9.01. The Kier molecular flexibility index (Phi) is 3.21. The lowest BCUT2D eigenvalue weighted by Crippen LogP contribution is -1.96. The molecule has 0 bridgehead atoms. The Morgan fingerprint density at radius 1 is 1.50 bits per heavy atom. The molecule has 0 fully saturated rings. The molecule has 84 valence electrons. The molecule has 5 nitrogen and oxygen atoms in total. The molecule has 1 atom stereocenters. The lowest BCUT2D eigenvalue weighted by Gasteiger charge is -2.07. The number of nitrogens with zero attached hydrogens (tertiary/aromatic N) is 3. The fraction of sp³-hybridized carbons (Fsp3) is 0.300. The van der Waals surface area contributed by atoms with E-state index >= 15 is 0 Å². The van der Waals surface area contributed by atoms with Crippen LogP contribution in [0.2, 0.25) is 0 Å². The Morgan fingerprint density at radius 2 is 2.31 bits per heavy atom. The third kappa shape index (κ3) is 2.40. The van der Waals surface area contributed by atoms with Gasteiger partial charge in [0.2, 0.25) is 5.16 Å². The maximum Gasteiger partial charge on any atom is 0.214 e. The van der Waals surface area contributed by atoms with Gasteiger partial charge in [-0.05, 0) is 31.7 Å². The molecule has 16 heavy (non-hydrogen) atoms. The van der Waals surface area contributed by atoms with Crippen molar-refractivity contribution in [2.75, 3.05) is 0 Å². The number of nitrogens with one attached hydrogen (secondary N) is 1. The summed E-state index contributed by atoms with van der Waals surface area (Å²) in [5, 5.41) is 17.7. The van der Waals surface area contributed by atoms with Gasteiger partial charge in [0, 0.05) is 11.8 Å². The summed E-state index contributed by atoms with van der Waals surface area (Å²) >= 11 is 1.34. The lowest BCUT2D eigenvalue weighted by molar-refractivity contribution is 0.195. The third-order valence-electron chi connectivity index (χ3n) is 2.02. The Morgan fingerprint density at radius 3 is 2.94 bits per heavy atom. The first-order valence-electron chi connectivity index (χ1n) is 4.86. The summed E-state index contributed by atoms with van der Waals surface area (Å²) in [6.07, 6.45) is 1.14. The molecular weight excluding hydrogens is 224 g/mol. The fourth-order valence-corrected chi connectivity index (χ4v) is 2.18. The van der Waals surface area contributed by atoms with Crippen LogP contribution in [0.4, 0.5) is 0 Å². The molecule has 0 aliphatic heterocycles. The van der Waals surface area contributed by atoms with Crippen molar-refractivity contribution in [3.63, 3.8) is 0 Å². The minimum absolute atomic E-state index is 0.545. The molecule has 2 rings (SSSR count). The average molecular weight is 236 g/mol. The van der Waals surface area contributed by atoms with Crippen molar-refractivity contribution in [3.05, 3.63) is 29.7 Å². The number of hydrogen-bond acceptors (Lipinski definition) is 5. The molecule has 1 unspecified atom stereocenters. The molecular formula is C10H12N4OS.